The summed E-state index contributed by atoms with van der Waals surface area (Å²) >= 11 is 0. The molecule has 0 saturated carbocycles. The molecule has 10 heteroatoms. The number of pyridine rings is 1. The van der Waals surface area contributed by atoms with Gasteiger partial charge >= 0.3 is 0 Å². The maximum atomic E-state index is 14.2. The van der Waals surface area contributed by atoms with Crippen LogP contribution in [0.4, 0.5) is 20.2 Å². The number of likely N-dealkylation sites (N-methyl/N-ethyl adjacent to an activating group) is 1. The molecule has 0 unspecified atom stereocenters. The van der Waals surface area contributed by atoms with E-state index in [0.29, 0.717) is 24.1 Å². The zero-order valence-electron chi connectivity index (χ0n) is 21.1. The minimum absolute atomic E-state index is 0.114. The van der Waals surface area contributed by atoms with Crippen LogP contribution in [0.15, 0.2) is 30.6 Å². The largest absolute Gasteiger partial charge is 0.488 e. The fourth-order valence-corrected chi connectivity index (χ4v) is 4.53. The van der Waals surface area contributed by atoms with Crippen LogP contribution in [0.5, 0.6) is 5.75 Å². The Bertz CT molecular complexity index is 1240. The van der Waals surface area contributed by atoms with Gasteiger partial charge in [-0.15, -0.1) is 0 Å². The third kappa shape index (κ3) is 5.18. The number of halogens is 2. The van der Waals surface area contributed by atoms with Gasteiger partial charge in [-0.2, -0.15) is 5.10 Å². The van der Waals surface area contributed by atoms with Crippen LogP contribution >= 0.6 is 0 Å². The van der Waals surface area contributed by atoms with Crippen molar-refractivity contribution >= 4 is 17.3 Å². The molecule has 0 fully saturated rings. The Balaban J connectivity index is 1.45. The molecule has 0 aliphatic carbocycles. The summed E-state index contributed by atoms with van der Waals surface area (Å²) in [4.78, 5) is 19.2. The smallest absolute Gasteiger partial charge is 0.249 e. The van der Waals surface area contributed by atoms with E-state index in [2.05, 4.69) is 15.4 Å². The molecule has 1 aliphatic heterocycles. The molecule has 1 aromatic carbocycles. The number of aryl methyl sites for hydroxylation is 3. The molecule has 2 aromatic heterocycles. The monoisotopic (exact) mass is 499 g/mol. The standard InChI is InChI=1S/C26H31F2N5O3/c1-6-36-25-20(27)9-18(10-21(25)28)14-33-13-17(12-29-33)7-8-19-11-22-23(15(2)30-19)31-26(34)24(32(22)4)16(3)35-5/h9-13,16,24H,6-8,14H2,1-5H3,(H,31,34)/t16-,24+/m1/s1. The summed E-state index contributed by atoms with van der Waals surface area (Å²) in [6.07, 6.45) is 4.68. The van der Waals surface area contributed by atoms with Crippen molar-refractivity contribution in [3.8, 4) is 5.75 Å². The van der Waals surface area contributed by atoms with Gasteiger partial charge in [0.25, 0.3) is 0 Å². The molecule has 8 nitrogen and oxygen atoms in total. The van der Waals surface area contributed by atoms with Crippen LogP contribution in [0.2, 0.25) is 0 Å². The zero-order chi connectivity index (χ0) is 26.0. The average molecular weight is 500 g/mol. The van der Waals surface area contributed by atoms with Crippen molar-refractivity contribution in [1.29, 1.82) is 0 Å². The quantitative estimate of drug-likeness (QED) is 0.481. The molecule has 192 valence electrons. The minimum Gasteiger partial charge on any atom is -0.488 e. The summed E-state index contributed by atoms with van der Waals surface area (Å²) in [6.45, 7) is 5.85. The number of hydrogen-bond donors (Lipinski definition) is 1. The Morgan fingerprint density at radius 3 is 2.56 bits per heavy atom. The van der Waals surface area contributed by atoms with E-state index >= 15 is 0 Å². The van der Waals surface area contributed by atoms with Crippen molar-refractivity contribution < 1.29 is 23.0 Å². The van der Waals surface area contributed by atoms with Crippen LogP contribution in [0.25, 0.3) is 0 Å². The first kappa shape index (κ1) is 25.6. The zero-order valence-corrected chi connectivity index (χ0v) is 21.1. The highest BCUT2D eigenvalue weighted by atomic mass is 19.1. The number of nitrogens with zero attached hydrogens (tertiary/aromatic N) is 4. The van der Waals surface area contributed by atoms with E-state index in [0.717, 1.165) is 22.6 Å². The van der Waals surface area contributed by atoms with Gasteiger partial charge in [-0.1, -0.05) is 0 Å². The van der Waals surface area contributed by atoms with Gasteiger partial charge in [0.2, 0.25) is 5.91 Å². The van der Waals surface area contributed by atoms with E-state index in [-0.39, 0.29) is 30.9 Å². The second kappa shape index (κ2) is 10.6. The molecule has 0 bridgehead atoms. The third-order valence-electron chi connectivity index (χ3n) is 6.41. The Labute approximate surface area is 209 Å². The Morgan fingerprint density at radius 1 is 1.17 bits per heavy atom. The summed E-state index contributed by atoms with van der Waals surface area (Å²) in [7, 11) is 3.48. The molecule has 4 rings (SSSR count). The number of anilines is 2. The number of fused-ring (bicyclic) bond motifs is 1. The lowest BCUT2D eigenvalue weighted by Crippen LogP contribution is -2.52. The van der Waals surface area contributed by atoms with Crippen LogP contribution in [-0.4, -0.2) is 53.6 Å². The molecule has 0 radical (unpaired) electrons. The van der Waals surface area contributed by atoms with Gasteiger partial charge in [0.15, 0.2) is 17.4 Å². The number of carbonyl (C=O) groups excluding carboxylic acids is 1. The Kier molecular flexibility index (Phi) is 7.53. The molecular formula is C26H31F2N5O3. The van der Waals surface area contributed by atoms with Crippen LogP contribution in [0, 0.1) is 18.6 Å². The lowest BCUT2D eigenvalue weighted by molar-refractivity contribution is -0.120. The summed E-state index contributed by atoms with van der Waals surface area (Å²) in [5.41, 5.74) is 4.70. The first-order valence-electron chi connectivity index (χ1n) is 11.9. The van der Waals surface area contributed by atoms with Crippen molar-refractivity contribution in [3.63, 3.8) is 0 Å². The van der Waals surface area contributed by atoms with Crippen molar-refractivity contribution in [1.82, 2.24) is 14.8 Å². The highest BCUT2D eigenvalue weighted by Crippen LogP contribution is 2.35. The number of ether oxygens (including phenoxy) is 2. The first-order chi connectivity index (χ1) is 17.2. The first-order valence-corrected chi connectivity index (χ1v) is 11.9. The number of nitrogens with one attached hydrogen (secondary N) is 1. The van der Waals surface area contributed by atoms with Crippen molar-refractivity contribution in [2.24, 2.45) is 0 Å². The highest BCUT2D eigenvalue weighted by Gasteiger charge is 2.36. The number of hydrogen-bond acceptors (Lipinski definition) is 6. The van der Waals surface area contributed by atoms with Crippen molar-refractivity contribution in [2.45, 2.75) is 52.3 Å². The second-order valence-corrected chi connectivity index (χ2v) is 8.95. The molecule has 2 atom stereocenters. The molecule has 0 spiro atoms. The molecule has 1 amide bonds. The fourth-order valence-electron chi connectivity index (χ4n) is 4.53. The van der Waals surface area contributed by atoms with Crippen LogP contribution < -0.4 is 15.0 Å². The number of aromatic nitrogens is 3. The van der Waals surface area contributed by atoms with Gasteiger partial charge in [-0.05, 0) is 62.9 Å². The summed E-state index contributed by atoms with van der Waals surface area (Å²) < 4.78 is 40.4. The Hall–Kier alpha value is -3.53. The topological polar surface area (TPSA) is 81.5 Å². The second-order valence-electron chi connectivity index (χ2n) is 8.95. The summed E-state index contributed by atoms with van der Waals surface area (Å²) in [5, 5.41) is 7.31. The minimum atomic E-state index is -0.726. The molecular weight excluding hydrogens is 468 g/mol. The lowest BCUT2D eigenvalue weighted by atomic mass is 10.0. The molecule has 0 saturated heterocycles. The number of carbonyl (C=O) groups is 1. The van der Waals surface area contributed by atoms with Gasteiger partial charge in [-0.3, -0.25) is 14.5 Å². The predicted molar refractivity (Wildman–Crippen MR) is 133 cm³/mol. The Morgan fingerprint density at radius 2 is 1.89 bits per heavy atom. The maximum absolute atomic E-state index is 14.2. The van der Waals surface area contributed by atoms with Gasteiger partial charge < -0.3 is 19.7 Å². The normalized spacial score (nSPS) is 16.0. The van der Waals surface area contributed by atoms with E-state index < -0.39 is 17.7 Å². The van der Waals surface area contributed by atoms with Gasteiger partial charge in [0.05, 0.1) is 42.5 Å². The maximum Gasteiger partial charge on any atom is 0.249 e. The van der Waals surface area contributed by atoms with E-state index in [1.54, 1.807) is 24.9 Å². The summed E-state index contributed by atoms with van der Waals surface area (Å²) in [5.74, 6) is -1.92. The molecule has 36 heavy (non-hydrogen) atoms. The predicted octanol–water partition coefficient (Wildman–Crippen LogP) is 3.89. The summed E-state index contributed by atoms with van der Waals surface area (Å²) in [6, 6.07) is 4.09. The van der Waals surface area contributed by atoms with Crippen LogP contribution in [0.3, 0.4) is 0 Å². The number of amides is 1. The SMILES string of the molecule is CCOc1c(F)cc(Cn2cc(CCc3cc4c(c(C)n3)NC(=O)[C@H]([C@@H](C)OC)N4C)cn2)cc1F. The molecule has 1 aliphatic rings. The van der Waals surface area contributed by atoms with E-state index in [1.807, 2.05) is 38.1 Å². The van der Waals surface area contributed by atoms with Gasteiger partial charge in [0, 0.05) is 26.0 Å². The number of methoxy groups -OCH3 is 1. The molecule has 3 aromatic rings. The van der Waals surface area contributed by atoms with E-state index in [9.17, 15) is 13.6 Å². The fraction of sp³-hybridized carbons (Fsp3) is 0.423. The number of benzene rings is 1. The third-order valence-corrected chi connectivity index (χ3v) is 6.41. The van der Waals surface area contributed by atoms with E-state index in [4.69, 9.17) is 9.47 Å². The van der Waals surface area contributed by atoms with Crippen LogP contribution in [-0.2, 0) is 28.9 Å². The van der Waals surface area contributed by atoms with Gasteiger partial charge in [0.1, 0.15) is 6.04 Å². The number of rotatable bonds is 9. The highest BCUT2D eigenvalue weighted by molar-refractivity contribution is 6.04. The molecule has 1 N–H and O–H groups in total. The van der Waals surface area contributed by atoms with Crippen LogP contribution in [0.1, 0.15) is 36.4 Å². The lowest BCUT2D eigenvalue weighted by Gasteiger charge is -2.38. The van der Waals surface area contributed by atoms with E-state index in [1.165, 1.54) is 12.1 Å². The van der Waals surface area contributed by atoms with Crippen molar-refractivity contribution in [2.75, 3.05) is 31.0 Å². The molecule has 3 heterocycles. The van der Waals surface area contributed by atoms with Gasteiger partial charge in [-0.25, -0.2) is 8.78 Å². The average Bonchev–Trinajstić information content (AvgIpc) is 3.28. The van der Waals surface area contributed by atoms with Crippen molar-refractivity contribution in [3.05, 3.63) is 64.7 Å².